The molecule has 1 heterocycles. The molecule has 1 aliphatic rings. The molecule has 0 N–H and O–H groups in total. The molecule has 4 heteroatoms. The van der Waals surface area contributed by atoms with Crippen molar-refractivity contribution in [2.24, 2.45) is 0 Å². The molecule has 1 aromatic carbocycles. The maximum atomic E-state index is 12.3. The Morgan fingerprint density at radius 1 is 1.30 bits per heavy atom. The van der Waals surface area contributed by atoms with E-state index in [4.69, 9.17) is 4.74 Å². The van der Waals surface area contributed by atoms with E-state index in [0.717, 1.165) is 37.2 Å². The lowest BCUT2D eigenvalue weighted by Crippen LogP contribution is -2.44. The lowest BCUT2D eigenvalue weighted by molar-refractivity contribution is -0.132. The standard InChI is InChI=1S/C16H24N2O2/c1-17-10-8-14(9-11-17)18(2)16(19)12-13-4-6-15(20-3)7-5-13/h4-7,14H,8-12H2,1-3H3. The highest BCUT2D eigenvalue weighted by molar-refractivity contribution is 5.78. The molecule has 4 nitrogen and oxygen atoms in total. The summed E-state index contributed by atoms with van der Waals surface area (Å²) >= 11 is 0. The van der Waals surface area contributed by atoms with Crippen LogP contribution in [-0.4, -0.2) is 56.0 Å². The van der Waals surface area contributed by atoms with Crippen LogP contribution >= 0.6 is 0 Å². The molecule has 2 rings (SSSR count). The molecule has 1 fully saturated rings. The molecule has 110 valence electrons. The zero-order chi connectivity index (χ0) is 14.5. The maximum Gasteiger partial charge on any atom is 0.226 e. The number of methoxy groups -OCH3 is 1. The topological polar surface area (TPSA) is 32.8 Å². The first-order valence-corrected chi connectivity index (χ1v) is 7.17. The number of carbonyl (C=O) groups is 1. The Labute approximate surface area is 121 Å². The molecule has 0 atom stereocenters. The van der Waals surface area contributed by atoms with Crippen LogP contribution in [0.1, 0.15) is 18.4 Å². The van der Waals surface area contributed by atoms with Gasteiger partial charge in [0.25, 0.3) is 0 Å². The molecule has 1 amide bonds. The Morgan fingerprint density at radius 2 is 1.90 bits per heavy atom. The first-order valence-electron chi connectivity index (χ1n) is 7.17. The van der Waals surface area contributed by atoms with Gasteiger partial charge in [0.2, 0.25) is 5.91 Å². The Morgan fingerprint density at radius 3 is 2.45 bits per heavy atom. The van der Waals surface area contributed by atoms with Crippen molar-refractivity contribution in [2.45, 2.75) is 25.3 Å². The number of benzene rings is 1. The van der Waals surface area contributed by atoms with Crippen molar-refractivity contribution in [3.63, 3.8) is 0 Å². The molecule has 1 saturated heterocycles. The van der Waals surface area contributed by atoms with E-state index in [2.05, 4.69) is 11.9 Å². The Kier molecular flexibility index (Phi) is 5.01. The fourth-order valence-electron chi connectivity index (χ4n) is 2.63. The highest BCUT2D eigenvalue weighted by Crippen LogP contribution is 2.16. The van der Waals surface area contributed by atoms with Crippen molar-refractivity contribution in [3.05, 3.63) is 29.8 Å². The predicted octanol–water partition coefficient (Wildman–Crippen LogP) is 1.79. The van der Waals surface area contributed by atoms with Gasteiger partial charge in [-0.05, 0) is 50.7 Å². The van der Waals surface area contributed by atoms with Crippen LogP contribution in [-0.2, 0) is 11.2 Å². The quantitative estimate of drug-likeness (QED) is 0.840. The molecular weight excluding hydrogens is 252 g/mol. The molecule has 0 saturated carbocycles. The third-order valence-corrected chi connectivity index (χ3v) is 4.14. The van der Waals surface area contributed by atoms with Crippen LogP contribution in [0.3, 0.4) is 0 Å². The maximum absolute atomic E-state index is 12.3. The van der Waals surface area contributed by atoms with Crippen molar-refractivity contribution in [3.8, 4) is 5.75 Å². The number of hydrogen-bond acceptors (Lipinski definition) is 3. The molecular formula is C16H24N2O2. The number of amides is 1. The molecule has 1 aromatic rings. The number of ether oxygens (including phenoxy) is 1. The summed E-state index contributed by atoms with van der Waals surface area (Å²) in [6, 6.07) is 8.10. The lowest BCUT2D eigenvalue weighted by atomic mass is 10.0. The fourth-order valence-corrected chi connectivity index (χ4v) is 2.63. The van der Waals surface area contributed by atoms with Gasteiger partial charge in [-0.25, -0.2) is 0 Å². The third kappa shape index (κ3) is 3.73. The summed E-state index contributed by atoms with van der Waals surface area (Å²) in [5.41, 5.74) is 1.04. The number of likely N-dealkylation sites (tertiary alicyclic amines) is 1. The average Bonchev–Trinajstić information content (AvgIpc) is 2.48. The minimum atomic E-state index is 0.199. The van der Waals surface area contributed by atoms with Crippen molar-refractivity contribution in [1.82, 2.24) is 9.80 Å². The van der Waals surface area contributed by atoms with Gasteiger partial charge in [0.05, 0.1) is 13.5 Å². The van der Waals surface area contributed by atoms with Crippen molar-refractivity contribution < 1.29 is 9.53 Å². The molecule has 0 spiro atoms. The highest BCUT2D eigenvalue weighted by atomic mass is 16.5. The van der Waals surface area contributed by atoms with Crippen LogP contribution < -0.4 is 4.74 Å². The van der Waals surface area contributed by atoms with Gasteiger partial charge in [-0.1, -0.05) is 12.1 Å². The number of nitrogens with zero attached hydrogens (tertiary/aromatic N) is 2. The Balaban J connectivity index is 1.89. The lowest BCUT2D eigenvalue weighted by Gasteiger charge is -2.35. The summed E-state index contributed by atoms with van der Waals surface area (Å²) in [5, 5.41) is 0. The smallest absolute Gasteiger partial charge is 0.226 e. The van der Waals surface area contributed by atoms with E-state index in [-0.39, 0.29) is 5.91 Å². The van der Waals surface area contributed by atoms with Gasteiger partial charge >= 0.3 is 0 Å². The summed E-state index contributed by atoms with van der Waals surface area (Å²) in [6.45, 7) is 2.15. The van der Waals surface area contributed by atoms with Gasteiger partial charge < -0.3 is 14.5 Å². The first kappa shape index (κ1) is 14.9. The molecule has 0 aliphatic carbocycles. The highest BCUT2D eigenvalue weighted by Gasteiger charge is 2.23. The Hall–Kier alpha value is -1.55. The molecule has 20 heavy (non-hydrogen) atoms. The summed E-state index contributed by atoms with van der Waals surface area (Å²) in [4.78, 5) is 16.6. The van der Waals surface area contributed by atoms with Crippen molar-refractivity contribution in [2.75, 3.05) is 34.3 Å². The zero-order valence-corrected chi connectivity index (χ0v) is 12.6. The minimum absolute atomic E-state index is 0.199. The number of hydrogen-bond donors (Lipinski definition) is 0. The first-order chi connectivity index (χ1) is 9.60. The monoisotopic (exact) mass is 276 g/mol. The van der Waals surface area contributed by atoms with Gasteiger partial charge in [0.1, 0.15) is 5.75 Å². The van der Waals surface area contributed by atoms with Gasteiger partial charge in [0, 0.05) is 13.1 Å². The van der Waals surface area contributed by atoms with Crippen LogP contribution in [0.5, 0.6) is 5.75 Å². The second kappa shape index (κ2) is 6.75. The Bertz CT molecular complexity index is 436. The largest absolute Gasteiger partial charge is 0.497 e. The molecule has 0 unspecified atom stereocenters. The van der Waals surface area contributed by atoms with Crippen molar-refractivity contribution >= 4 is 5.91 Å². The van der Waals surface area contributed by atoms with Gasteiger partial charge in [-0.2, -0.15) is 0 Å². The van der Waals surface area contributed by atoms with E-state index in [0.29, 0.717) is 12.5 Å². The van der Waals surface area contributed by atoms with E-state index in [1.807, 2.05) is 36.2 Å². The fraction of sp³-hybridized carbons (Fsp3) is 0.562. The summed E-state index contributed by atoms with van der Waals surface area (Å²) in [5.74, 6) is 1.02. The predicted molar refractivity (Wildman–Crippen MR) is 80.0 cm³/mol. The number of piperidine rings is 1. The van der Waals surface area contributed by atoms with Gasteiger partial charge in [-0.3, -0.25) is 4.79 Å². The van der Waals surface area contributed by atoms with E-state index in [1.54, 1.807) is 7.11 Å². The zero-order valence-electron chi connectivity index (χ0n) is 12.6. The summed E-state index contributed by atoms with van der Waals surface area (Å²) in [7, 11) is 5.71. The van der Waals surface area contributed by atoms with Crippen molar-refractivity contribution in [1.29, 1.82) is 0 Å². The molecule has 1 aliphatic heterocycles. The third-order valence-electron chi connectivity index (χ3n) is 4.14. The molecule has 0 bridgehead atoms. The van der Waals surface area contributed by atoms with Crippen LogP contribution in [0.15, 0.2) is 24.3 Å². The van der Waals surface area contributed by atoms with E-state index in [1.165, 1.54) is 0 Å². The van der Waals surface area contributed by atoms with Crippen LogP contribution in [0, 0.1) is 0 Å². The van der Waals surface area contributed by atoms with Crippen LogP contribution in [0.2, 0.25) is 0 Å². The second-order valence-electron chi connectivity index (χ2n) is 5.56. The molecule has 0 aromatic heterocycles. The normalized spacial score (nSPS) is 16.9. The van der Waals surface area contributed by atoms with Crippen LogP contribution in [0.25, 0.3) is 0 Å². The minimum Gasteiger partial charge on any atom is -0.497 e. The van der Waals surface area contributed by atoms with Gasteiger partial charge in [0.15, 0.2) is 0 Å². The number of carbonyl (C=O) groups excluding carboxylic acids is 1. The van der Waals surface area contributed by atoms with Gasteiger partial charge in [-0.15, -0.1) is 0 Å². The number of likely N-dealkylation sites (N-methyl/N-ethyl adjacent to an activating group) is 1. The van der Waals surface area contributed by atoms with Crippen LogP contribution in [0.4, 0.5) is 0 Å². The summed E-state index contributed by atoms with van der Waals surface area (Å²) < 4.78 is 5.13. The average molecular weight is 276 g/mol. The SMILES string of the molecule is COc1ccc(CC(=O)N(C)C2CCN(C)CC2)cc1. The van der Waals surface area contributed by atoms with E-state index >= 15 is 0 Å². The molecule has 0 radical (unpaired) electrons. The number of rotatable bonds is 4. The second-order valence-corrected chi connectivity index (χ2v) is 5.56. The van der Waals surface area contributed by atoms with E-state index in [9.17, 15) is 4.79 Å². The summed E-state index contributed by atoms with van der Waals surface area (Å²) in [6.07, 6.45) is 2.61. The van der Waals surface area contributed by atoms with E-state index < -0.39 is 0 Å².